The van der Waals surface area contributed by atoms with Gasteiger partial charge in [0.1, 0.15) is 5.56 Å². The van der Waals surface area contributed by atoms with Gasteiger partial charge in [-0.15, -0.1) is 0 Å². The number of carboxylic acid groups (broad SMARTS) is 1. The van der Waals surface area contributed by atoms with Gasteiger partial charge in [0.25, 0.3) is 0 Å². The third-order valence-corrected chi connectivity index (χ3v) is 2.82. The normalized spacial score (nSPS) is 10.2. The molecule has 0 amide bonds. The molecule has 0 unspecified atom stereocenters. The molecule has 0 aliphatic carbocycles. The van der Waals surface area contributed by atoms with Crippen molar-refractivity contribution in [3.63, 3.8) is 0 Å². The molecule has 2 rings (SSSR count). The number of nitro benzene ring substituents is 1. The molecule has 7 heteroatoms. The largest absolute Gasteiger partial charge is 0.478 e. The first kappa shape index (κ1) is 14.4. The number of benzene rings is 1. The van der Waals surface area contributed by atoms with Gasteiger partial charge >= 0.3 is 11.7 Å². The number of aryl methyl sites for hydroxylation is 2. The number of ether oxygens (including phenoxy) is 1. The van der Waals surface area contributed by atoms with Gasteiger partial charge in [0.05, 0.1) is 11.1 Å². The predicted octanol–water partition coefficient (Wildman–Crippen LogP) is 3.10. The Balaban J connectivity index is 2.55. The number of hydrogen-bond acceptors (Lipinski definition) is 5. The number of carboxylic acids is 1. The maximum atomic E-state index is 11.1. The number of carbonyl (C=O) groups is 1. The molecule has 0 bridgehead atoms. The van der Waals surface area contributed by atoms with Crippen molar-refractivity contribution in [2.24, 2.45) is 0 Å². The van der Waals surface area contributed by atoms with Crippen molar-refractivity contribution in [1.82, 2.24) is 4.98 Å². The Morgan fingerprint density at radius 3 is 2.71 bits per heavy atom. The number of pyridine rings is 1. The van der Waals surface area contributed by atoms with E-state index in [-0.39, 0.29) is 22.7 Å². The second-order valence-corrected chi connectivity index (χ2v) is 4.47. The second kappa shape index (κ2) is 5.58. The van der Waals surface area contributed by atoms with Crippen LogP contribution >= 0.6 is 0 Å². The molecule has 7 nitrogen and oxygen atoms in total. The summed E-state index contributed by atoms with van der Waals surface area (Å²) in [5, 5.41) is 20.2. The van der Waals surface area contributed by atoms with Crippen LogP contribution in [0, 0.1) is 24.0 Å². The third kappa shape index (κ3) is 2.97. The molecule has 2 aromatic rings. The lowest BCUT2D eigenvalue weighted by molar-refractivity contribution is -0.385. The Kier molecular flexibility index (Phi) is 3.84. The number of nitrogens with zero attached hydrogens (tertiary/aromatic N) is 2. The van der Waals surface area contributed by atoms with Gasteiger partial charge in [-0.25, -0.2) is 4.79 Å². The van der Waals surface area contributed by atoms with Crippen LogP contribution in [0.2, 0.25) is 0 Å². The highest BCUT2D eigenvalue weighted by atomic mass is 16.6. The summed E-state index contributed by atoms with van der Waals surface area (Å²) in [6.45, 7) is 3.39. The summed E-state index contributed by atoms with van der Waals surface area (Å²) in [7, 11) is 0. The van der Waals surface area contributed by atoms with Crippen molar-refractivity contribution in [3.05, 3.63) is 57.4 Å². The molecule has 1 aromatic heterocycles. The molecule has 0 atom stereocenters. The average molecular weight is 288 g/mol. The maximum absolute atomic E-state index is 11.1. The van der Waals surface area contributed by atoms with Crippen LogP contribution in [0.3, 0.4) is 0 Å². The van der Waals surface area contributed by atoms with E-state index in [0.717, 1.165) is 5.56 Å². The van der Waals surface area contributed by atoms with Crippen molar-refractivity contribution in [1.29, 1.82) is 0 Å². The fourth-order valence-corrected chi connectivity index (χ4v) is 1.95. The standard InChI is InChI=1S/C14H12N2O5/c1-8-5-9(2)13(11(6-8)16(19)20)21-12-7-15-4-3-10(12)14(17)18/h3-7H,1-2H3,(H,17,18). The quantitative estimate of drug-likeness (QED) is 0.685. The molecular weight excluding hydrogens is 276 g/mol. The van der Waals surface area contributed by atoms with Gasteiger partial charge in [-0.1, -0.05) is 6.07 Å². The van der Waals surface area contributed by atoms with Crippen molar-refractivity contribution >= 4 is 11.7 Å². The van der Waals surface area contributed by atoms with Crippen molar-refractivity contribution in [2.45, 2.75) is 13.8 Å². The topological polar surface area (TPSA) is 103 Å². The van der Waals surface area contributed by atoms with Crippen molar-refractivity contribution < 1.29 is 19.6 Å². The number of aromatic nitrogens is 1. The first-order valence-electron chi connectivity index (χ1n) is 6.01. The predicted molar refractivity (Wildman–Crippen MR) is 73.8 cm³/mol. The van der Waals surface area contributed by atoms with Crippen LogP contribution < -0.4 is 4.74 Å². The first-order chi connectivity index (χ1) is 9.90. The molecule has 1 aromatic carbocycles. The lowest BCUT2D eigenvalue weighted by Gasteiger charge is -2.11. The van der Waals surface area contributed by atoms with E-state index in [4.69, 9.17) is 9.84 Å². The van der Waals surface area contributed by atoms with Crippen molar-refractivity contribution in [2.75, 3.05) is 0 Å². The molecule has 21 heavy (non-hydrogen) atoms. The Hall–Kier alpha value is -2.96. The van der Waals surface area contributed by atoms with Crippen LogP contribution in [-0.2, 0) is 0 Å². The Morgan fingerprint density at radius 1 is 1.38 bits per heavy atom. The zero-order valence-electron chi connectivity index (χ0n) is 11.4. The van der Waals surface area contributed by atoms with E-state index in [1.807, 2.05) is 0 Å². The molecule has 0 spiro atoms. The van der Waals surface area contributed by atoms with Gasteiger partial charge in [0, 0.05) is 12.3 Å². The highest BCUT2D eigenvalue weighted by Crippen LogP contribution is 2.36. The molecule has 0 radical (unpaired) electrons. The fourth-order valence-electron chi connectivity index (χ4n) is 1.95. The Bertz CT molecular complexity index is 727. The summed E-state index contributed by atoms with van der Waals surface area (Å²) in [5.74, 6) is -1.22. The van der Waals surface area contributed by atoms with Gasteiger partial charge in [0.2, 0.25) is 5.75 Å². The molecule has 0 saturated heterocycles. The van der Waals surface area contributed by atoms with E-state index < -0.39 is 10.9 Å². The SMILES string of the molecule is Cc1cc(C)c(Oc2cnccc2C(=O)O)c([N+](=O)[O-])c1. The summed E-state index contributed by atoms with van der Waals surface area (Å²) in [6.07, 6.45) is 2.53. The molecule has 0 aliphatic rings. The summed E-state index contributed by atoms with van der Waals surface area (Å²) < 4.78 is 5.46. The fraction of sp³-hybridized carbons (Fsp3) is 0.143. The molecular formula is C14H12N2O5. The van der Waals surface area contributed by atoms with Gasteiger partial charge < -0.3 is 9.84 Å². The van der Waals surface area contributed by atoms with Crippen LogP contribution in [0.4, 0.5) is 5.69 Å². The minimum absolute atomic E-state index is 0.0149. The number of aromatic carboxylic acids is 1. The second-order valence-electron chi connectivity index (χ2n) is 4.47. The molecule has 0 saturated carbocycles. The van der Waals surface area contributed by atoms with Crippen LogP contribution in [0.5, 0.6) is 11.5 Å². The van der Waals surface area contributed by atoms with Gasteiger partial charge in [-0.05, 0) is 31.0 Å². The minimum atomic E-state index is -1.19. The average Bonchev–Trinajstić information content (AvgIpc) is 2.41. The van der Waals surface area contributed by atoms with E-state index in [9.17, 15) is 14.9 Å². The van der Waals surface area contributed by atoms with Crippen LogP contribution in [0.1, 0.15) is 21.5 Å². The summed E-state index contributed by atoms with van der Waals surface area (Å²) in [5.41, 5.74) is 0.935. The van der Waals surface area contributed by atoms with Crippen LogP contribution in [-0.4, -0.2) is 21.0 Å². The molecule has 108 valence electrons. The number of hydrogen-bond donors (Lipinski definition) is 1. The number of nitro groups is 1. The summed E-state index contributed by atoms with van der Waals surface area (Å²) in [4.78, 5) is 25.5. The van der Waals surface area contributed by atoms with Gasteiger partial charge in [-0.3, -0.25) is 15.1 Å². The van der Waals surface area contributed by atoms with E-state index in [0.29, 0.717) is 5.56 Å². The van der Waals surface area contributed by atoms with Crippen LogP contribution in [0.15, 0.2) is 30.6 Å². The lowest BCUT2D eigenvalue weighted by Crippen LogP contribution is -2.03. The maximum Gasteiger partial charge on any atom is 0.339 e. The van der Waals surface area contributed by atoms with Crippen LogP contribution in [0.25, 0.3) is 0 Å². The molecule has 0 fully saturated rings. The zero-order valence-corrected chi connectivity index (χ0v) is 11.4. The minimum Gasteiger partial charge on any atom is -0.478 e. The highest BCUT2D eigenvalue weighted by Gasteiger charge is 2.21. The van der Waals surface area contributed by atoms with E-state index in [2.05, 4.69) is 4.98 Å². The van der Waals surface area contributed by atoms with E-state index in [1.165, 1.54) is 24.5 Å². The third-order valence-electron chi connectivity index (χ3n) is 2.82. The Labute approximate surface area is 120 Å². The zero-order chi connectivity index (χ0) is 15.6. The van der Waals surface area contributed by atoms with Gasteiger partial charge in [0.15, 0.2) is 5.75 Å². The molecule has 0 aliphatic heterocycles. The summed E-state index contributed by atoms with van der Waals surface area (Å²) >= 11 is 0. The Morgan fingerprint density at radius 2 is 2.10 bits per heavy atom. The lowest BCUT2D eigenvalue weighted by atomic mass is 10.1. The smallest absolute Gasteiger partial charge is 0.339 e. The monoisotopic (exact) mass is 288 g/mol. The van der Waals surface area contributed by atoms with E-state index >= 15 is 0 Å². The highest BCUT2D eigenvalue weighted by molar-refractivity contribution is 5.90. The first-order valence-corrected chi connectivity index (χ1v) is 6.01. The number of rotatable bonds is 4. The molecule has 1 N–H and O–H groups in total. The molecule has 1 heterocycles. The van der Waals surface area contributed by atoms with Crippen molar-refractivity contribution in [3.8, 4) is 11.5 Å². The summed E-state index contributed by atoms with van der Waals surface area (Å²) in [6, 6.07) is 4.37. The van der Waals surface area contributed by atoms with E-state index in [1.54, 1.807) is 19.9 Å². The van der Waals surface area contributed by atoms with Gasteiger partial charge in [-0.2, -0.15) is 0 Å².